The number of hydrogen-bond donors (Lipinski definition) is 0. The lowest BCUT2D eigenvalue weighted by molar-refractivity contribution is -0.0820. The molecular formula is C14H29NO. The summed E-state index contributed by atoms with van der Waals surface area (Å²) < 4.78 is 5.93. The van der Waals surface area contributed by atoms with Gasteiger partial charge in [-0.05, 0) is 18.9 Å². The van der Waals surface area contributed by atoms with Crippen LogP contribution in [0.2, 0.25) is 0 Å². The molecule has 1 fully saturated rings. The third-order valence-electron chi connectivity index (χ3n) is 3.82. The molecule has 1 atom stereocenters. The molecule has 0 aromatic heterocycles. The summed E-state index contributed by atoms with van der Waals surface area (Å²) in [6.07, 6.45) is 7.15. The largest absolute Gasteiger partial charge is 0.375 e. The number of hydrogen-bond acceptors (Lipinski definition) is 2. The molecule has 1 unspecified atom stereocenters. The Bertz CT molecular complexity index is 191. The summed E-state index contributed by atoms with van der Waals surface area (Å²) in [4.78, 5) is 2.39. The molecule has 0 saturated carbocycles. The molecule has 0 N–H and O–H groups in total. The van der Waals surface area contributed by atoms with Gasteiger partial charge < -0.3 is 9.64 Å². The predicted molar refractivity (Wildman–Crippen MR) is 69.8 cm³/mol. The van der Waals surface area contributed by atoms with Gasteiger partial charge in [-0.15, -0.1) is 0 Å². The molecule has 0 amide bonds. The van der Waals surface area contributed by atoms with E-state index in [1.165, 1.54) is 32.1 Å². The Morgan fingerprint density at radius 2 is 2.00 bits per heavy atom. The van der Waals surface area contributed by atoms with Crippen molar-refractivity contribution < 1.29 is 4.74 Å². The summed E-state index contributed by atoms with van der Waals surface area (Å²) in [6, 6.07) is 0. The molecule has 0 spiro atoms. The second-order valence-corrected chi connectivity index (χ2v) is 5.92. The van der Waals surface area contributed by atoms with Crippen molar-refractivity contribution in [2.24, 2.45) is 5.41 Å². The van der Waals surface area contributed by atoms with Crippen molar-refractivity contribution in [1.82, 2.24) is 4.90 Å². The van der Waals surface area contributed by atoms with Crippen molar-refractivity contribution in [3.63, 3.8) is 0 Å². The highest BCUT2D eigenvalue weighted by molar-refractivity contribution is 4.83. The van der Waals surface area contributed by atoms with E-state index in [0.717, 1.165) is 19.7 Å². The van der Waals surface area contributed by atoms with Gasteiger partial charge >= 0.3 is 0 Å². The highest BCUT2D eigenvalue weighted by Crippen LogP contribution is 2.31. The fraction of sp³-hybridized carbons (Fsp3) is 1.00. The Labute approximate surface area is 101 Å². The molecule has 0 aliphatic carbocycles. The zero-order valence-electron chi connectivity index (χ0n) is 11.6. The maximum absolute atomic E-state index is 5.93. The third kappa shape index (κ3) is 4.42. The number of ether oxygens (including phenoxy) is 1. The van der Waals surface area contributed by atoms with E-state index in [2.05, 4.69) is 32.7 Å². The van der Waals surface area contributed by atoms with E-state index >= 15 is 0 Å². The molecule has 1 rings (SSSR count). The summed E-state index contributed by atoms with van der Waals surface area (Å²) >= 11 is 0. The van der Waals surface area contributed by atoms with E-state index in [1.807, 2.05) is 0 Å². The van der Waals surface area contributed by atoms with Crippen LogP contribution in [0.25, 0.3) is 0 Å². The lowest BCUT2D eigenvalue weighted by Crippen LogP contribution is -2.47. The van der Waals surface area contributed by atoms with Crippen molar-refractivity contribution >= 4 is 0 Å². The fourth-order valence-corrected chi connectivity index (χ4v) is 2.42. The van der Waals surface area contributed by atoms with Gasteiger partial charge in [0.15, 0.2) is 0 Å². The van der Waals surface area contributed by atoms with E-state index < -0.39 is 0 Å². The molecule has 96 valence electrons. The summed E-state index contributed by atoms with van der Waals surface area (Å²) in [5.74, 6) is 0. The molecule has 16 heavy (non-hydrogen) atoms. The first-order valence-electron chi connectivity index (χ1n) is 6.86. The van der Waals surface area contributed by atoms with Gasteiger partial charge in [0.2, 0.25) is 0 Å². The van der Waals surface area contributed by atoms with Crippen LogP contribution in [0.5, 0.6) is 0 Å². The molecular weight excluding hydrogens is 198 g/mol. The first-order valence-corrected chi connectivity index (χ1v) is 6.86. The minimum absolute atomic E-state index is 0.336. The monoisotopic (exact) mass is 227 g/mol. The quantitative estimate of drug-likeness (QED) is 0.645. The summed E-state index contributed by atoms with van der Waals surface area (Å²) in [5.41, 5.74) is 0.336. The zero-order valence-corrected chi connectivity index (χ0v) is 11.6. The molecule has 1 saturated heterocycles. The van der Waals surface area contributed by atoms with Crippen LogP contribution >= 0.6 is 0 Å². The van der Waals surface area contributed by atoms with Crippen molar-refractivity contribution in [3.8, 4) is 0 Å². The SMILES string of the molecule is CCCCCCC(C)(C)C1CN(C)CCO1. The van der Waals surface area contributed by atoms with E-state index in [0.29, 0.717) is 11.5 Å². The maximum atomic E-state index is 5.93. The Balaban J connectivity index is 2.30. The van der Waals surface area contributed by atoms with Gasteiger partial charge in [0.05, 0.1) is 12.7 Å². The Morgan fingerprint density at radius 1 is 1.25 bits per heavy atom. The first kappa shape index (κ1) is 14.0. The number of unbranched alkanes of at least 4 members (excludes halogenated alkanes) is 3. The van der Waals surface area contributed by atoms with Crippen LogP contribution in [0, 0.1) is 5.41 Å². The van der Waals surface area contributed by atoms with Crippen LogP contribution in [0.15, 0.2) is 0 Å². The Hall–Kier alpha value is -0.0800. The number of morpholine rings is 1. The summed E-state index contributed by atoms with van der Waals surface area (Å²) in [5, 5.41) is 0. The van der Waals surface area contributed by atoms with E-state index in [-0.39, 0.29) is 0 Å². The van der Waals surface area contributed by atoms with Gasteiger partial charge in [-0.3, -0.25) is 0 Å². The topological polar surface area (TPSA) is 12.5 Å². The average Bonchev–Trinajstić information content (AvgIpc) is 2.24. The van der Waals surface area contributed by atoms with Crippen LogP contribution in [0.1, 0.15) is 52.9 Å². The van der Waals surface area contributed by atoms with Crippen molar-refractivity contribution in [3.05, 3.63) is 0 Å². The Morgan fingerprint density at radius 3 is 2.62 bits per heavy atom. The van der Waals surface area contributed by atoms with Gasteiger partial charge in [-0.25, -0.2) is 0 Å². The highest BCUT2D eigenvalue weighted by atomic mass is 16.5. The zero-order chi connectivity index (χ0) is 12.0. The summed E-state index contributed by atoms with van der Waals surface area (Å²) in [6.45, 7) is 10.1. The van der Waals surface area contributed by atoms with Gasteiger partial charge in [0.1, 0.15) is 0 Å². The molecule has 2 nitrogen and oxygen atoms in total. The smallest absolute Gasteiger partial charge is 0.0753 e. The average molecular weight is 227 g/mol. The molecule has 1 aliphatic heterocycles. The van der Waals surface area contributed by atoms with Crippen molar-refractivity contribution in [2.45, 2.75) is 59.0 Å². The molecule has 0 radical (unpaired) electrons. The highest BCUT2D eigenvalue weighted by Gasteiger charge is 2.32. The second-order valence-electron chi connectivity index (χ2n) is 5.92. The number of nitrogens with zero attached hydrogens (tertiary/aromatic N) is 1. The van der Waals surface area contributed by atoms with Crippen molar-refractivity contribution in [2.75, 3.05) is 26.7 Å². The van der Waals surface area contributed by atoms with E-state index in [1.54, 1.807) is 0 Å². The number of rotatable bonds is 6. The molecule has 2 heteroatoms. The minimum Gasteiger partial charge on any atom is -0.375 e. The maximum Gasteiger partial charge on any atom is 0.0753 e. The Kier molecular flexibility index (Phi) is 5.77. The van der Waals surface area contributed by atoms with Crippen LogP contribution in [0.3, 0.4) is 0 Å². The molecule has 0 bridgehead atoms. The molecule has 0 aromatic rings. The van der Waals surface area contributed by atoms with Gasteiger partial charge in [0, 0.05) is 13.1 Å². The molecule has 1 heterocycles. The minimum atomic E-state index is 0.336. The normalized spacial score (nSPS) is 23.6. The van der Waals surface area contributed by atoms with Gasteiger partial charge in [-0.1, -0.05) is 46.5 Å². The lowest BCUT2D eigenvalue weighted by Gasteiger charge is -2.40. The lowest BCUT2D eigenvalue weighted by atomic mass is 9.80. The van der Waals surface area contributed by atoms with Crippen LogP contribution in [-0.4, -0.2) is 37.7 Å². The van der Waals surface area contributed by atoms with Crippen LogP contribution in [-0.2, 0) is 4.74 Å². The third-order valence-corrected chi connectivity index (χ3v) is 3.82. The molecule has 1 aliphatic rings. The van der Waals surface area contributed by atoms with Crippen molar-refractivity contribution in [1.29, 1.82) is 0 Å². The second kappa shape index (κ2) is 6.61. The van der Waals surface area contributed by atoms with Gasteiger partial charge in [0.25, 0.3) is 0 Å². The molecule has 0 aromatic carbocycles. The first-order chi connectivity index (χ1) is 7.56. The van der Waals surface area contributed by atoms with Crippen LogP contribution in [0.4, 0.5) is 0 Å². The summed E-state index contributed by atoms with van der Waals surface area (Å²) in [7, 11) is 2.20. The number of likely N-dealkylation sites (N-methyl/N-ethyl adjacent to an activating group) is 1. The van der Waals surface area contributed by atoms with E-state index in [9.17, 15) is 0 Å². The van der Waals surface area contributed by atoms with E-state index in [4.69, 9.17) is 4.74 Å². The fourth-order valence-electron chi connectivity index (χ4n) is 2.42. The van der Waals surface area contributed by atoms with Crippen LogP contribution < -0.4 is 0 Å². The standard InChI is InChI=1S/C14H29NO/c1-5-6-7-8-9-14(2,3)13-12-15(4)10-11-16-13/h13H,5-12H2,1-4H3. The predicted octanol–water partition coefficient (Wildman–Crippen LogP) is 3.31. The van der Waals surface area contributed by atoms with Gasteiger partial charge in [-0.2, -0.15) is 0 Å².